The van der Waals surface area contributed by atoms with Crippen molar-refractivity contribution in [2.24, 2.45) is 12.0 Å². The molecular formula is C20H30N6. The van der Waals surface area contributed by atoms with Gasteiger partial charge in [-0.25, -0.2) is 0 Å². The Hall–Kier alpha value is -2.34. The third-order valence-corrected chi connectivity index (χ3v) is 4.84. The van der Waals surface area contributed by atoms with Crippen LogP contribution in [0.5, 0.6) is 0 Å². The molecule has 0 aliphatic carbocycles. The van der Waals surface area contributed by atoms with Crippen LogP contribution in [0.15, 0.2) is 41.7 Å². The van der Waals surface area contributed by atoms with Crippen LogP contribution in [0.4, 0.5) is 0 Å². The lowest BCUT2D eigenvalue weighted by Gasteiger charge is -2.22. The van der Waals surface area contributed by atoms with E-state index >= 15 is 0 Å². The van der Waals surface area contributed by atoms with Crippen molar-refractivity contribution in [3.8, 4) is 0 Å². The summed E-state index contributed by atoms with van der Waals surface area (Å²) >= 11 is 0. The quantitative estimate of drug-likeness (QED) is 0.659. The first kappa shape index (κ1) is 18.5. The van der Waals surface area contributed by atoms with Gasteiger partial charge in [-0.2, -0.15) is 5.10 Å². The van der Waals surface area contributed by atoms with Crippen LogP contribution in [-0.4, -0.2) is 59.8 Å². The summed E-state index contributed by atoms with van der Waals surface area (Å²) < 4.78 is 1.88. The number of aryl methyl sites for hydroxylation is 1. The van der Waals surface area contributed by atoms with E-state index in [0.29, 0.717) is 5.92 Å². The van der Waals surface area contributed by atoms with Gasteiger partial charge in [0.25, 0.3) is 0 Å². The molecule has 0 saturated carbocycles. The highest BCUT2D eigenvalue weighted by Crippen LogP contribution is 2.26. The summed E-state index contributed by atoms with van der Waals surface area (Å²) in [5.41, 5.74) is 3.94. The van der Waals surface area contributed by atoms with E-state index in [4.69, 9.17) is 0 Å². The number of likely N-dealkylation sites (tertiary alicyclic amines) is 1. The minimum absolute atomic E-state index is 0.533. The van der Waals surface area contributed by atoms with E-state index < -0.39 is 0 Å². The molecule has 140 valence electrons. The molecule has 1 aliphatic rings. The summed E-state index contributed by atoms with van der Waals surface area (Å²) in [5.74, 6) is 1.51. The molecule has 1 aromatic heterocycles. The third-order valence-electron chi connectivity index (χ3n) is 4.84. The van der Waals surface area contributed by atoms with Gasteiger partial charge in [-0.1, -0.05) is 24.3 Å². The van der Waals surface area contributed by atoms with Gasteiger partial charge in [0.2, 0.25) is 0 Å². The summed E-state index contributed by atoms with van der Waals surface area (Å²) in [6, 6.07) is 8.74. The van der Waals surface area contributed by atoms with Gasteiger partial charge in [0.1, 0.15) is 0 Å². The zero-order valence-electron chi connectivity index (χ0n) is 16.3. The Labute approximate surface area is 156 Å². The summed E-state index contributed by atoms with van der Waals surface area (Å²) in [7, 11) is 8.03. The summed E-state index contributed by atoms with van der Waals surface area (Å²) in [6.45, 7) is 3.77. The molecule has 1 unspecified atom stereocenters. The zero-order chi connectivity index (χ0) is 18.5. The van der Waals surface area contributed by atoms with Crippen LogP contribution in [0.3, 0.4) is 0 Å². The third kappa shape index (κ3) is 4.64. The molecule has 2 heterocycles. The fourth-order valence-electron chi connectivity index (χ4n) is 3.59. The molecule has 3 rings (SSSR count). The van der Waals surface area contributed by atoms with Gasteiger partial charge in [0.15, 0.2) is 5.96 Å². The van der Waals surface area contributed by atoms with Gasteiger partial charge >= 0.3 is 0 Å². The van der Waals surface area contributed by atoms with Crippen LogP contribution in [0, 0.1) is 0 Å². The van der Waals surface area contributed by atoms with Crippen molar-refractivity contribution >= 4 is 5.96 Å². The van der Waals surface area contributed by atoms with Crippen molar-refractivity contribution < 1.29 is 0 Å². The van der Waals surface area contributed by atoms with E-state index in [1.807, 2.05) is 25.0 Å². The van der Waals surface area contributed by atoms with Crippen molar-refractivity contribution in [2.45, 2.75) is 25.4 Å². The Morgan fingerprint density at radius 2 is 2.15 bits per heavy atom. The average molecular weight is 355 g/mol. The number of nitrogens with one attached hydrogen (secondary N) is 1. The van der Waals surface area contributed by atoms with Gasteiger partial charge in [-0.3, -0.25) is 9.67 Å². The van der Waals surface area contributed by atoms with Crippen molar-refractivity contribution in [2.75, 3.05) is 34.2 Å². The molecule has 0 amide bonds. The Morgan fingerprint density at radius 1 is 1.35 bits per heavy atom. The molecule has 1 saturated heterocycles. The van der Waals surface area contributed by atoms with Crippen LogP contribution in [0.25, 0.3) is 0 Å². The van der Waals surface area contributed by atoms with Gasteiger partial charge in [0, 0.05) is 52.4 Å². The highest BCUT2D eigenvalue weighted by molar-refractivity contribution is 5.80. The Morgan fingerprint density at radius 3 is 2.85 bits per heavy atom. The highest BCUT2D eigenvalue weighted by Gasteiger charge is 2.26. The van der Waals surface area contributed by atoms with Crippen LogP contribution < -0.4 is 5.32 Å². The standard InChI is InChI=1S/C20H30N6/c1-21-20(22-11-16-6-5-7-17(10-16)13-24(2)3)26-9-8-18(15-26)19-12-23-25(4)14-19/h5-7,10,12,14,18H,8-9,11,13,15H2,1-4H3,(H,21,22). The second-order valence-corrected chi connectivity index (χ2v) is 7.34. The largest absolute Gasteiger partial charge is 0.352 e. The molecule has 1 atom stereocenters. The molecule has 6 heteroatoms. The first-order chi connectivity index (χ1) is 12.5. The van der Waals surface area contributed by atoms with E-state index in [2.05, 4.69) is 69.8 Å². The molecule has 26 heavy (non-hydrogen) atoms. The molecule has 2 aromatic rings. The zero-order valence-corrected chi connectivity index (χ0v) is 16.3. The number of aliphatic imine (C=N–C) groups is 1. The van der Waals surface area contributed by atoms with Gasteiger partial charge in [-0.05, 0) is 37.2 Å². The normalized spacial score (nSPS) is 18.0. The average Bonchev–Trinajstić information content (AvgIpc) is 3.24. The summed E-state index contributed by atoms with van der Waals surface area (Å²) in [6.07, 6.45) is 5.26. The maximum atomic E-state index is 4.49. The number of nitrogens with zero attached hydrogens (tertiary/aromatic N) is 5. The Balaban J connectivity index is 1.57. The second kappa shape index (κ2) is 8.36. The van der Waals surface area contributed by atoms with Crippen LogP contribution in [-0.2, 0) is 20.1 Å². The Bertz CT molecular complexity index is 748. The van der Waals surface area contributed by atoms with Gasteiger partial charge < -0.3 is 15.1 Å². The van der Waals surface area contributed by atoms with Crippen molar-refractivity contribution in [3.05, 3.63) is 53.3 Å². The molecule has 0 bridgehead atoms. The minimum Gasteiger partial charge on any atom is -0.352 e. The maximum Gasteiger partial charge on any atom is 0.193 e. The van der Waals surface area contributed by atoms with E-state index in [1.165, 1.54) is 16.7 Å². The van der Waals surface area contributed by atoms with Crippen LogP contribution in [0.2, 0.25) is 0 Å². The number of hydrogen-bond donors (Lipinski definition) is 1. The lowest BCUT2D eigenvalue weighted by atomic mass is 10.0. The fraction of sp³-hybridized carbons (Fsp3) is 0.500. The van der Waals surface area contributed by atoms with Gasteiger partial charge in [-0.15, -0.1) is 0 Å². The molecular weight excluding hydrogens is 324 g/mol. The van der Waals surface area contributed by atoms with Crippen LogP contribution >= 0.6 is 0 Å². The molecule has 1 fully saturated rings. The number of hydrogen-bond acceptors (Lipinski definition) is 3. The number of benzene rings is 1. The lowest BCUT2D eigenvalue weighted by molar-refractivity contribution is 0.402. The summed E-state index contributed by atoms with van der Waals surface area (Å²) in [5, 5.41) is 7.83. The first-order valence-electron chi connectivity index (χ1n) is 9.22. The predicted molar refractivity (Wildman–Crippen MR) is 106 cm³/mol. The van der Waals surface area contributed by atoms with Crippen molar-refractivity contribution in [1.29, 1.82) is 0 Å². The molecule has 1 aliphatic heterocycles. The minimum atomic E-state index is 0.533. The number of aromatic nitrogens is 2. The summed E-state index contributed by atoms with van der Waals surface area (Å²) in [4.78, 5) is 9.03. The van der Waals surface area contributed by atoms with E-state index in [1.54, 1.807) is 0 Å². The van der Waals surface area contributed by atoms with E-state index in [9.17, 15) is 0 Å². The number of guanidine groups is 1. The topological polar surface area (TPSA) is 48.7 Å². The smallest absolute Gasteiger partial charge is 0.193 e. The first-order valence-corrected chi connectivity index (χ1v) is 9.22. The van der Waals surface area contributed by atoms with Crippen LogP contribution in [0.1, 0.15) is 29.0 Å². The number of rotatable bonds is 5. The SMILES string of the molecule is CN=C(NCc1cccc(CN(C)C)c1)N1CCC(c2cnn(C)c2)C1. The van der Waals surface area contributed by atoms with Gasteiger partial charge in [0.05, 0.1) is 6.20 Å². The lowest BCUT2D eigenvalue weighted by Crippen LogP contribution is -2.39. The monoisotopic (exact) mass is 354 g/mol. The molecule has 1 N–H and O–H groups in total. The molecule has 0 radical (unpaired) electrons. The molecule has 0 spiro atoms. The predicted octanol–water partition coefficient (Wildman–Crippen LogP) is 2.05. The fourth-order valence-corrected chi connectivity index (χ4v) is 3.59. The highest BCUT2D eigenvalue weighted by atomic mass is 15.3. The van der Waals surface area contributed by atoms with Crippen molar-refractivity contribution in [1.82, 2.24) is 24.9 Å². The molecule has 1 aromatic carbocycles. The molecule has 6 nitrogen and oxygen atoms in total. The van der Waals surface area contributed by atoms with Crippen molar-refractivity contribution in [3.63, 3.8) is 0 Å². The maximum absolute atomic E-state index is 4.49. The second-order valence-electron chi connectivity index (χ2n) is 7.34. The van der Waals surface area contributed by atoms with E-state index in [0.717, 1.165) is 38.6 Å². The Kier molecular flexibility index (Phi) is 5.93. The van der Waals surface area contributed by atoms with E-state index in [-0.39, 0.29) is 0 Å².